The number of pyridine rings is 1. The van der Waals surface area contributed by atoms with Gasteiger partial charge in [-0.1, -0.05) is 30.3 Å². The smallest absolute Gasteiger partial charge is 0.286 e. The van der Waals surface area contributed by atoms with Gasteiger partial charge in [0.25, 0.3) is 11.8 Å². The highest BCUT2D eigenvalue weighted by atomic mass is 16.1. The Morgan fingerprint density at radius 3 is 2.48 bits per heavy atom. The fourth-order valence-corrected chi connectivity index (χ4v) is 2.84. The predicted molar refractivity (Wildman–Crippen MR) is 105 cm³/mol. The first-order valence-corrected chi connectivity index (χ1v) is 8.63. The average Bonchev–Trinajstić information content (AvgIpc) is 3.17. The number of fused-ring (bicyclic) bond motifs is 1. The van der Waals surface area contributed by atoms with Crippen LogP contribution in [-0.4, -0.2) is 36.2 Å². The Morgan fingerprint density at radius 1 is 0.966 bits per heavy atom. The summed E-state index contributed by atoms with van der Waals surface area (Å²) in [7, 11) is 0. The van der Waals surface area contributed by atoms with Crippen molar-refractivity contribution in [3.05, 3.63) is 71.8 Å². The summed E-state index contributed by atoms with van der Waals surface area (Å²) in [5, 5.41) is 3.06. The Labute approximate surface area is 164 Å². The first-order chi connectivity index (χ1) is 14.0. The zero-order valence-corrected chi connectivity index (χ0v) is 15.1. The summed E-state index contributed by atoms with van der Waals surface area (Å²) in [6.45, 7) is 0.441. The van der Waals surface area contributed by atoms with Crippen molar-refractivity contribution < 1.29 is 9.59 Å². The van der Waals surface area contributed by atoms with Gasteiger partial charge in [0.15, 0.2) is 5.82 Å². The highest BCUT2D eigenvalue weighted by Gasteiger charge is 2.18. The van der Waals surface area contributed by atoms with E-state index in [1.165, 1.54) is 6.20 Å². The number of anilines is 1. The fourth-order valence-electron chi connectivity index (χ4n) is 2.84. The van der Waals surface area contributed by atoms with Gasteiger partial charge in [-0.3, -0.25) is 14.0 Å². The van der Waals surface area contributed by atoms with Crippen molar-refractivity contribution in [3.63, 3.8) is 0 Å². The maximum Gasteiger partial charge on any atom is 0.286 e. The van der Waals surface area contributed by atoms with Gasteiger partial charge in [0.1, 0.15) is 0 Å². The number of benzene rings is 1. The standard InChI is InChI=1S/C19H16N8O2/c20-14(28)12-7-4-8-27-13(12)10-22-18(27)17-24-16(15(21)29)25-19(26-17)23-9-11-5-2-1-3-6-11/h1-8,10H,9H2,(H2,20,28)(H2,21,29)(H,23,24,25,26). The van der Waals surface area contributed by atoms with E-state index in [9.17, 15) is 9.59 Å². The monoisotopic (exact) mass is 388 g/mol. The molecule has 0 bridgehead atoms. The lowest BCUT2D eigenvalue weighted by atomic mass is 10.2. The van der Waals surface area contributed by atoms with Gasteiger partial charge < -0.3 is 16.8 Å². The van der Waals surface area contributed by atoms with Gasteiger partial charge >= 0.3 is 0 Å². The minimum Gasteiger partial charge on any atom is -0.366 e. The molecular formula is C19H16N8O2. The number of rotatable bonds is 6. The van der Waals surface area contributed by atoms with Crippen molar-refractivity contribution in [2.24, 2.45) is 11.5 Å². The molecule has 3 heterocycles. The minimum absolute atomic E-state index is 0.131. The molecule has 4 rings (SSSR count). The first-order valence-electron chi connectivity index (χ1n) is 8.63. The van der Waals surface area contributed by atoms with Crippen LogP contribution < -0.4 is 16.8 Å². The number of hydrogen-bond donors (Lipinski definition) is 3. The second-order valence-corrected chi connectivity index (χ2v) is 6.13. The third kappa shape index (κ3) is 3.58. The molecule has 10 nitrogen and oxygen atoms in total. The molecule has 4 aromatic rings. The van der Waals surface area contributed by atoms with E-state index in [0.717, 1.165) is 5.56 Å². The zero-order chi connectivity index (χ0) is 20.4. The number of primary amides is 2. The lowest BCUT2D eigenvalue weighted by Gasteiger charge is -2.08. The van der Waals surface area contributed by atoms with E-state index in [1.54, 1.807) is 22.7 Å². The number of carbonyl (C=O) groups is 2. The topological polar surface area (TPSA) is 154 Å². The lowest BCUT2D eigenvalue weighted by molar-refractivity contribution is 0.0986. The van der Waals surface area contributed by atoms with Crippen molar-refractivity contribution in [1.29, 1.82) is 0 Å². The summed E-state index contributed by atoms with van der Waals surface area (Å²) < 4.78 is 1.61. The summed E-state index contributed by atoms with van der Waals surface area (Å²) >= 11 is 0. The average molecular weight is 388 g/mol. The Morgan fingerprint density at radius 2 is 1.76 bits per heavy atom. The first kappa shape index (κ1) is 18.0. The van der Waals surface area contributed by atoms with Gasteiger partial charge in [0, 0.05) is 12.7 Å². The van der Waals surface area contributed by atoms with Gasteiger partial charge in [-0.2, -0.15) is 9.97 Å². The molecule has 1 aromatic carbocycles. The lowest BCUT2D eigenvalue weighted by Crippen LogP contribution is -2.18. The molecule has 0 fully saturated rings. The fraction of sp³-hybridized carbons (Fsp3) is 0.0526. The SMILES string of the molecule is NC(=O)c1nc(NCc2ccccc2)nc(-c2ncc3c(C(N)=O)cccn23)n1. The molecule has 0 aliphatic heterocycles. The number of carbonyl (C=O) groups excluding carboxylic acids is 2. The molecule has 0 saturated carbocycles. The molecule has 0 atom stereocenters. The van der Waals surface area contributed by atoms with Gasteiger partial charge in [0.05, 0.1) is 17.3 Å². The number of amides is 2. The number of imidazole rings is 1. The summed E-state index contributed by atoms with van der Waals surface area (Å²) in [6, 6.07) is 12.9. The van der Waals surface area contributed by atoms with Crippen LogP contribution >= 0.6 is 0 Å². The van der Waals surface area contributed by atoms with E-state index in [0.29, 0.717) is 23.4 Å². The molecule has 0 spiro atoms. The van der Waals surface area contributed by atoms with Crippen LogP contribution in [0.1, 0.15) is 26.5 Å². The second kappa shape index (κ2) is 7.35. The number of nitrogens with zero attached hydrogens (tertiary/aromatic N) is 5. The quantitative estimate of drug-likeness (QED) is 0.445. The maximum absolute atomic E-state index is 11.7. The highest BCUT2D eigenvalue weighted by Crippen LogP contribution is 2.20. The second-order valence-electron chi connectivity index (χ2n) is 6.13. The van der Waals surface area contributed by atoms with Crippen molar-refractivity contribution in [1.82, 2.24) is 24.3 Å². The van der Waals surface area contributed by atoms with E-state index in [-0.39, 0.29) is 17.6 Å². The summed E-state index contributed by atoms with van der Waals surface area (Å²) in [4.78, 5) is 40.2. The summed E-state index contributed by atoms with van der Waals surface area (Å²) in [5.74, 6) is -0.957. The molecule has 3 aromatic heterocycles. The molecule has 29 heavy (non-hydrogen) atoms. The highest BCUT2D eigenvalue weighted by molar-refractivity contribution is 5.99. The third-order valence-electron chi connectivity index (χ3n) is 4.19. The summed E-state index contributed by atoms with van der Waals surface area (Å²) in [5.41, 5.74) is 12.6. The van der Waals surface area contributed by atoms with Crippen LogP contribution in [0.2, 0.25) is 0 Å². The Bertz CT molecular complexity index is 1220. The molecule has 0 saturated heterocycles. The third-order valence-corrected chi connectivity index (χ3v) is 4.19. The van der Waals surface area contributed by atoms with Crippen LogP contribution in [0.5, 0.6) is 0 Å². The molecule has 2 amide bonds. The van der Waals surface area contributed by atoms with Crippen LogP contribution in [0, 0.1) is 0 Å². The van der Waals surface area contributed by atoms with Gasteiger partial charge in [-0.05, 0) is 17.7 Å². The normalized spacial score (nSPS) is 10.8. The Balaban J connectivity index is 1.76. The van der Waals surface area contributed by atoms with E-state index in [4.69, 9.17) is 11.5 Å². The number of hydrogen-bond acceptors (Lipinski definition) is 7. The van der Waals surface area contributed by atoms with E-state index in [2.05, 4.69) is 25.3 Å². The van der Waals surface area contributed by atoms with E-state index < -0.39 is 11.8 Å². The molecule has 0 aliphatic carbocycles. The molecule has 144 valence electrons. The van der Waals surface area contributed by atoms with E-state index >= 15 is 0 Å². The van der Waals surface area contributed by atoms with Crippen LogP contribution in [0.4, 0.5) is 5.95 Å². The molecule has 5 N–H and O–H groups in total. The zero-order valence-electron chi connectivity index (χ0n) is 15.1. The van der Waals surface area contributed by atoms with Crippen molar-refractivity contribution in [2.45, 2.75) is 6.54 Å². The van der Waals surface area contributed by atoms with E-state index in [1.807, 2.05) is 30.3 Å². The molecule has 0 radical (unpaired) electrons. The van der Waals surface area contributed by atoms with Crippen molar-refractivity contribution >= 4 is 23.3 Å². The number of aromatic nitrogens is 5. The van der Waals surface area contributed by atoms with Crippen molar-refractivity contribution in [2.75, 3.05) is 5.32 Å². The predicted octanol–water partition coefficient (Wildman–Crippen LogP) is 0.996. The molecule has 0 aliphatic rings. The maximum atomic E-state index is 11.7. The van der Waals surface area contributed by atoms with Crippen LogP contribution in [0.15, 0.2) is 54.9 Å². The van der Waals surface area contributed by atoms with Crippen LogP contribution in [0.25, 0.3) is 17.2 Å². The van der Waals surface area contributed by atoms with Crippen LogP contribution in [-0.2, 0) is 6.54 Å². The number of nitrogens with one attached hydrogen (secondary N) is 1. The van der Waals surface area contributed by atoms with Crippen LogP contribution in [0.3, 0.4) is 0 Å². The molecule has 0 unspecified atom stereocenters. The Hall–Kier alpha value is -4.34. The Kier molecular flexibility index (Phi) is 4.57. The minimum atomic E-state index is -0.796. The summed E-state index contributed by atoms with van der Waals surface area (Å²) in [6.07, 6.45) is 3.18. The molecular weight excluding hydrogens is 372 g/mol. The van der Waals surface area contributed by atoms with Gasteiger partial charge in [-0.25, -0.2) is 9.97 Å². The molecule has 10 heteroatoms. The largest absolute Gasteiger partial charge is 0.366 e. The van der Waals surface area contributed by atoms with Gasteiger partial charge in [-0.15, -0.1) is 0 Å². The number of nitrogens with two attached hydrogens (primary N) is 2. The van der Waals surface area contributed by atoms with Crippen molar-refractivity contribution in [3.8, 4) is 11.6 Å². The van der Waals surface area contributed by atoms with Gasteiger partial charge in [0.2, 0.25) is 17.6 Å².